The quantitative estimate of drug-likeness (QED) is 0.691. The Hall–Kier alpha value is -2.60. The third-order valence-electron chi connectivity index (χ3n) is 4.63. The summed E-state index contributed by atoms with van der Waals surface area (Å²) in [5, 5.41) is 8.20. The normalized spacial score (nSPS) is 18.7. The summed E-state index contributed by atoms with van der Waals surface area (Å²) < 4.78 is 0. The topological polar surface area (TPSA) is 90.8 Å². The highest BCUT2D eigenvalue weighted by Gasteiger charge is 2.30. The van der Waals surface area contributed by atoms with E-state index in [0.717, 1.165) is 37.1 Å². The highest BCUT2D eigenvalue weighted by Crippen LogP contribution is 2.33. The molecule has 3 heterocycles. The van der Waals surface area contributed by atoms with Gasteiger partial charge < -0.3 is 10.7 Å². The molecule has 6 nitrogen and oxygen atoms in total. The fourth-order valence-electron chi connectivity index (χ4n) is 3.52. The number of likely N-dealkylation sites (tertiary alicyclic amines) is 1. The number of carbonyl (C=O) groups excluding carboxylic acids is 1. The van der Waals surface area contributed by atoms with E-state index in [2.05, 4.69) is 44.3 Å². The van der Waals surface area contributed by atoms with Crippen LogP contribution in [0.25, 0.3) is 10.9 Å². The maximum atomic E-state index is 11.6. The van der Waals surface area contributed by atoms with Crippen LogP contribution < -0.4 is 5.73 Å². The van der Waals surface area contributed by atoms with Crippen LogP contribution in [0.15, 0.2) is 36.7 Å². The van der Waals surface area contributed by atoms with Crippen molar-refractivity contribution in [2.45, 2.75) is 25.4 Å². The zero-order valence-corrected chi connectivity index (χ0v) is 12.7. The van der Waals surface area contributed by atoms with Gasteiger partial charge in [0.05, 0.1) is 23.5 Å². The number of fused-ring (bicyclic) bond motifs is 1. The summed E-state index contributed by atoms with van der Waals surface area (Å²) in [6, 6.07) is 8.72. The van der Waals surface area contributed by atoms with Crippen molar-refractivity contribution in [2.75, 3.05) is 6.54 Å². The van der Waals surface area contributed by atoms with Crippen molar-refractivity contribution in [3.05, 3.63) is 53.5 Å². The highest BCUT2D eigenvalue weighted by atomic mass is 16.1. The van der Waals surface area contributed by atoms with E-state index in [4.69, 9.17) is 5.73 Å². The molecule has 1 aliphatic heterocycles. The fraction of sp³-hybridized carbons (Fsp3) is 0.294. The van der Waals surface area contributed by atoms with Crippen molar-refractivity contribution in [3.8, 4) is 0 Å². The number of rotatable bonds is 4. The lowest BCUT2D eigenvalue weighted by Gasteiger charge is -2.24. The molecular formula is C17H19N5O. The van der Waals surface area contributed by atoms with Crippen LogP contribution in [-0.4, -0.2) is 32.5 Å². The van der Waals surface area contributed by atoms with E-state index in [-0.39, 0.29) is 6.04 Å². The number of hydrogen-bond donors (Lipinski definition) is 3. The molecule has 0 unspecified atom stereocenters. The van der Waals surface area contributed by atoms with E-state index in [1.807, 2.05) is 6.20 Å². The second-order valence-electron chi connectivity index (χ2n) is 6.09. The maximum absolute atomic E-state index is 11.6. The Balaban J connectivity index is 1.60. The van der Waals surface area contributed by atoms with Gasteiger partial charge in [-0.2, -0.15) is 5.10 Å². The Morgan fingerprint density at radius 2 is 2.30 bits per heavy atom. The van der Waals surface area contributed by atoms with E-state index in [9.17, 15) is 4.79 Å². The van der Waals surface area contributed by atoms with Gasteiger partial charge in [0.15, 0.2) is 0 Å². The lowest BCUT2D eigenvalue weighted by atomic mass is 10.1. The van der Waals surface area contributed by atoms with Gasteiger partial charge in [-0.15, -0.1) is 0 Å². The number of nitrogens with zero attached hydrogens (tertiary/aromatic N) is 2. The largest absolute Gasteiger partial charge is 0.365 e. The zero-order chi connectivity index (χ0) is 15.8. The van der Waals surface area contributed by atoms with E-state index in [0.29, 0.717) is 5.56 Å². The molecule has 6 heteroatoms. The summed E-state index contributed by atoms with van der Waals surface area (Å²) in [5.74, 6) is -0.422. The summed E-state index contributed by atoms with van der Waals surface area (Å²) in [7, 11) is 0. The van der Waals surface area contributed by atoms with Crippen LogP contribution in [0, 0.1) is 0 Å². The Kier molecular flexibility index (Phi) is 3.38. The van der Waals surface area contributed by atoms with Crippen molar-refractivity contribution in [1.29, 1.82) is 0 Å². The summed E-state index contributed by atoms with van der Waals surface area (Å²) >= 11 is 0. The summed E-state index contributed by atoms with van der Waals surface area (Å²) in [4.78, 5) is 17.2. The second-order valence-corrected chi connectivity index (χ2v) is 6.09. The van der Waals surface area contributed by atoms with Gasteiger partial charge in [0.1, 0.15) is 0 Å². The molecule has 1 atom stereocenters. The van der Waals surface area contributed by atoms with Crippen LogP contribution in [0.5, 0.6) is 0 Å². The third kappa shape index (κ3) is 2.51. The molecule has 1 aliphatic rings. The van der Waals surface area contributed by atoms with Crippen molar-refractivity contribution >= 4 is 16.8 Å². The monoisotopic (exact) mass is 309 g/mol. The van der Waals surface area contributed by atoms with Crippen LogP contribution in [-0.2, 0) is 6.54 Å². The van der Waals surface area contributed by atoms with Gasteiger partial charge >= 0.3 is 0 Å². The number of nitrogens with one attached hydrogen (secondary N) is 2. The number of aromatic nitrogens is 3. The molecule has 0 saturated carbocycles. The van der Waals surface area contributed by atoms with E-state index in [1.54, 1.807) is 0 Å². The van der Waals surface area contributed by atoms with Crippen LogP contribution in [0.1, 0.15) is 40.5 Å². The molecule has 0 aliphatic carbocycles. The van der Waals surface area contributed by atoms with Gasteiger partial charge in [0, 0.05) is 18.3 Å². The fourth-order valence-corrected chi connectivity index (χ4v) is 3.52. The summed E-state index contributed by atoms with van der Waals surface area (Å²) in [6.45, 7) is 1.86. The van der Waals surface area contributed by atoms with Crippen molar-refractivity contribution in [3.63, 3.8) is 0 Å². The number of carbonyl (C=O) groups is 1. The van der Waals surface area contributed by atoms with Crippen molar-refractivity contribution in [1.82, 2.24) is 20.1 Å². The molecule has 0 bridgehead atoms. The molecule has 4 N–H and O–H groups in total. The van der Waals surface area contributed by atoms with Gasteiger partial charge in [0.2, 0.25) is 0 Å². The van der Waals surface area contributed by atoms with Gasteiger partial charge in [-0.1, -0.05) is 6.07 Å². The molecule has 1 aromatic carbocycles. The number of H-pyrrole nitrogens is 2. The van der Waals surface area contributed by atoms with Crippen molar-refractivity contribution < 1.29 is 4.79 Å². The first-order chi connectivity index (χ1) is 11.2. The standard InChI is InChI=1S/C17H19N5O/c18-17(23)13-9-20-21-16(13)15-2-1-7-22(15)10-11-3-4-14-12(8-11)5-6-19-14/h3-6,8-9,15,19H,1-2,7,10H2,(H2,18,23)(H,20,21)/t15-/m1/s1. The lowest BCUT2D eigenvalue weighted by Crippen LogP contribution is -2.25. The Morgan fingerprint density at radius 1 is 1.39 bits per heavy atom. The predicted molar refractivity (Wildman–Crippen MR) is 87.8 cm³/mol. The first-order valence-electron chi connectivity index (χ1n) is 7.85. The minimum absolute atomic E-state index is 0.168. The van der Waals surface area contributed by atoms with Crippen LogP contribution in [0.4, 0.5) is 0 Å². The van der Waals surface area contributed by atoms with Gasteiger partial charge in [-0.25, -0.2) is 0 Å². The minimum atomic E-state index is -0.422. The molecule has 4 rings (SSSR count). The van der Waals surface area contributed by atoms with E-state index < -0.39 is 5.91 Å². The number of benzene rings is 1. The highest BCUT2D eigenvalue weighted by molar-refractivity contribution is 5.93. The first kappa shape index (κ1) is 14.0. The lowest BCUT2D eigenvalue weighted by molar-refractivity contribution is 0.0997. The maximum Gasteiger partial charge on any atom is 0.252 e. The Morgan fingerprint density at radius 3 is 3.17 bits per heavy atom. The van der Waals surface area contributed by atoms with Gasteiger partial charge in [-0.05, 0) is 48.5 Å². The Bertz CT molecular complexity index is 849. The van der Waals surface area contributed by atoms with Gasteiger partial charge in [-0.3, -0.25) is 14.8 Å². The number of primary amides is 1. The van der Waals surface area contributed by atoms with Crippen LogP contribution in [0.3, 0.4) is 0 Å². The smallest absolute Gasteiger partial charge is 0.252 e. The molecule has 0 spiro atoms. The number of amides is 1. The minimum Gasteiger partial charge on any atom is -0.365 e. The van der Waals surface area contributed by atoms with Gasteiger partial charge in [0.25, 0.3) is 5.91 Å². The summed E-state index contributed by atoms with van der Waals surface area (Å²) in [5.41, 5.74) is 9.22. The van der Waals surface area contributed by atoms with Crippen LogP contribution in [0.2, 0.25) is 0 Å². The molecule has 118 valence electrons. The first-order valence-corrected chi connectivity index (χ1v) is 7.85. The third-order valence-corrected chi connectivity index (χ3v) is 4.63. The van der Waals surface area contributed by atoms with Crippen molar-refractivity contribution in [2.24, 2.45) is 5.73 Å². The SMILES string of the molecule is NC(=O)c1cn[nH]c1[C@H]1CCCN1Cc1ccc2[nH]ccc2c1. The molecule has 0 radical (unpaired) electrons. The number of hydrogen-bond acceptors (Lipinski definition) is 3. The molecule has 1 fully saturated rings. The molecule has 1 amide bonds. The Labute approximate surface area is 133 Å². The average Bonchev–Trinajstić information content (AvgIpc) is 3.26. The van der Waals surface area contributed by atoms with Crippen LogP contribution >= 0.6 is 0 Å². The molecule has 23 heavy (non-hydrogen) atoms. The molecule has 3 aromatic rings. The number of nitrogens with two attached hydrogens (primary N) is 1. The average molecular weight is 309 g/mol. The molecule has 2 aromatic heterocycles. The second kappa shape index (κ2) is 5.55. The number of aromatic amines is 2. The molecular weight excluding hydrogens is 290 g/mol. The summed E-state index contributed by atoms with van der Waals surface area (Å²) in [6.07, 6.45) is 5.60. The molecule has 1 saturated heterocycles. The van der Waals surface area contributed by atoms with E-state index in [1.165, 1.54) is 17.1 Å². The predicted octanol–water partition coefficient (Wildman–Crippen LogP) is 2.33. The van der Waals surface area contributed by atoms with E-state index >= 15 is 0 Å². The zero-order valence-electron chi connectivity index (χ0n) is 12.7.